The van der Waals surface area contributed by atoms with E-state index in [1.54, 1.807) is 0 Å². The highest BCUT2D eigenvalue weighted by molar-refractivity contribution is 5.79. The van der Waals surface area contributed by atoms with Crippen molar-refractivity contribution in [1.82, 2.24) is 0 Å². The van der Waals surface area contributed by atoms with Crippen molar-refractivity contribution in [2.24, 2.45) is 0 Å². The average Bonchev–Trinajstić information content (AvgIpc) is 2.80. The Balaban J connectivity index is 2.58. The van der Waals surface area contributed by atoms with E-state index < -0.39 is 11.7 Å². The van der Waals surface area contributed by atoms with Crippen molar-refractivity contribution in [2.75, 3.05) is 0 Å². The molecule has 0 fully saturated rings. The molecule has 0 atom stereocenters. The highest BCUT2D eigenvalue weighted by Crippen LogP contribution is 2.33. The molecule has 0 amide bonds. The second kappa shape index (κ2) is 4.08. The minimum Gasteiger partial charge on any atom is -0.472 e. The second-order valence-corrected chi connectivity index (χ2v) is 3.47. The molecule has 88 valence electrons. The third kappa shape index (κ3) is 2.38. The van der Waals surface area contributed by atoms with E-state index in [1.807, 2.05) is 0 Å². The lowest BCUT2D eigenvalue weighted by molar-refractivity contribution is -0.137. The van der Waals surface area contributed by atoms with E-state index in [-0.39, 0.29) is 5.56 Å². The number of alkyl halides is 3. The molecule has 2 nitrogen and oxygen atoms in total. The van der Waals surface area contributed by atoms with Crippen LogP contribution in [0, 0.1) is 0 Å². The monoisotopic (exact) mass is 240 g/mol. The highest BCUT2D eigenvalue weighted by Gasteiger charge is 2.31. The zero-order chi connectivity index (χ0) is 12.5. The van der Waals surface area contributed by atoms with E-state index in [0.717, 1.165) is 12.1 Å². The Hall–Kier alpha value is -2.04. The molecule has 2 aromatic rings. The maximum Gasteiger partial charge on any atom is 0.416 e. The fourth-order valence-electron chi connectivity index (χ4n) is 1.48. The number of furan rings is 1. The molecule has 0 bridgehead atoms. The molecular formula is C12H7F3O2. The summed E-state index contributed by atoms with van der Waals surface area (Å²) in [6.45, 7) is 0. The van der Waals surface area contributed by atoms with Gasteiger partial charge in [0.2, 0.25) is 0 Å². The summed E-state index contributed by atoms with van der Waals surface area (Å²) >= 11 is 0. The predicted octanol–water partition coefficient (Wildman–Crippen LogP) is 3.78. The van der Waals surface area contributed by atoms with E-state index in [9.17, 15) is 18.0 Å². The Morgan fingerprint density at radius 2 is 1.88 bits per heavy atom. The minimum atomic E-state index is -4.47. The van der Waals surface area contributed by atoms with Crippen molar-refractivity contribution >= 4 is 6.29 Å². The number of benzene rings is 1. The molecule has 0 aliphatic heterocycles. The number of aldehydes is 1. The zero-order valence-corrected chi connectivity index (χ0v) is 8.49. The second-order valence-electron chi connectivity index (χ2n) is 3.47. The molecule has 0 spiro atoms. The van der Waals surface area contributed by atoms with Gasteiger partial charge in [0.05, 0.1) is 18.1 Å². The first-order valence-corrected chi connectivity index (χ1v) is 4.71. The van der Waals surface area contributed by atoms with Crippen LogP contribution in [0.1, 0.15) is 15.9 Å². The molecule has 17 heavy (non-hydrogen) atoms. The van der Waals surface area contributed by atoms with Gasteiger partial charge in [0.15, 0.2) is 0 Å². The summed E-state index contributed by atoms with van der Waals surface area (Å²) in [5.74, 6) is 0. The number of carbonyl (C=O) groups excluding carboxylic acids is 1. The molecule has 0 radical (unpaired) electrons. The molecule has 1 heterocycles. The van der Waals surface area contributed by atoms with Gasteiger partial charge in [0.25, 0.3) is 0 Å². The Labute approximate surface area is 94.7 Å². The minimum absolute atomic E-state index is 0.0176. The van der Waals surface area contributed by atoms with Crippen LogP contribution in [0.25, 0.3) is 11.1 Å². The quantitative estimate of drug-likeness (QED) is 0.748. The van der Waals surface area contributed by atoms with Crippen molar-refractivity contribution < 1.29 is 22.4 Å². The third-order valence-electron chi connectivity index (χ3n) is 2.27. The summed E-state index contributed by atoms with van der Waals surface area (Å²) in [5.41, 5.74) is -0.0656. The third-order valence-corrected chi connectivity index (χ3v) is 2.27. The van der Waals surface area contributed by atoms with Crippen LogP contribution in [0.15, 0.2) is 41.2 Å². The van der Waals surface area contributed by atoms with Crippen LogP contribution in [-0.4, -0.2) is 6.29 Å². The molecule has 1 aromatic carbocycles. The van der Waals surface area contributed by atoms with Crippen molar-refractivity contribution in [1.29, 1.82) is 0 Å². The van der Waals surface area contributed by atoms with Crippen LogP contribution in [-0.2, 0) is 6.18 Å². The summed E-state index contributed by atoms with van der Waals surface area (Å²) in [5, 5.41) is 0. The highest BCUT2D eigenvalue weighted by atomic mass is 19.4. The number of rotatable bonds is 2. The topological polar surface area (TPSA) is 30.2 Å². The SMILES string of the molecule is O=Cc1cc(-c2ccoc2)cc(C(F)(F)F)c1. The molecule has 2 rings (SSSR count). The van der Waals surface area contributed by atoms with Gasteiger partial charge in [0.1, 0.15) is 6.29 Å². The van der Waals surface area contributed by atoms with E-state index in [0.29, 0.717) is 17.4 Å². The van der Waals surface area contributed by atoms with Gasteiger partial charge in [-0.3, -0.25) is 4.79 Å². The normalized spacial score (nSPS) is 11.5. The van der Waals surface area contributed by atoms with E-state index in [2.05, 4.69) is 0 Å². The summed E-state index contributed by atoms with van der Waals surface area (Å²) in [7, 11) is 0. The number of hydrogen-bond donors (Lipinski definition) is 0. The van der Waals surface area contributed by atoms with E-state index >= 15 is 0 Å². The molecule has 0 saturated heterocycles. The summed E-state index contributed by atoms with van der Waals surface area (Å²) in [6, 6.07) is 4.71. The Kier molecular flexibility index (Phi) is 2.75. The Morgan fingerprint density at radius 1 is 1.12 bits per heavy atom. The van der Waals surface area contributed by atoms with Crippen LogP contribution in [0.4, 0.5) is 13.2 Å². The first-order valence-electron chi connectivity index (χ1n) is 4.71. The van der Waals surface area contributed by atoms with Gasteiger partial charge in [-0.2, -0.15) is 13.2 Å². The maximum absolute atomic E-state index is 12.6. The molecular weight excluding hydrogens is 233 g/mol. The van der Waals surface area contributed by atoms with E-state index in [1.165, 1.54) is 24.7 Å². The van der Waals surface area contributed by atoms with Gasteiger partial charge < -0.3 is 4.42 Å². The van der Waals surface area contributed by atoms with E-state index in [4.69, 9.17) is 4.42 Å². The first-order chi connectivity index (χ1) is 8.00. The summed E-state index contributed by atoms with van der Waals surface area (Å²) in [6.07, 6.45) is -1.41. The molecule has 0 unspecified atom stereocenters. The predicted molar refractivity (Wildman–Crippen MR) is 54.5 cm³/mol. The number of carbonyl (C=O) groups is 1. The smallest absolute Gasteiger partial charge is 0.416 e. The van der Waals surface area contributed by atoms with Gasteiger partial charge in [-0.15, -0.1) is 0 Å². The van der Waals surface area contributed by atoms with Gasteiger partial charge in [-0.25, -0.2) is 0 Å². The van der Waals surface area contributed by atoms with Crippen molar-refractivity contribution in [3.63, 3.8) is 0 Å². The summed E-state index contributed by atoms with van der Waals surface area (Å²) < 4.78 is 42.6. The summed E-state index contributed by atoms with van der Waals surface area (Å²) in [4.78, 5) is 10.6. The van der Waals surface area contributed by atoms with Crippen LogP contribution in [0.2, 0.25) is 0 Å². The standard InChI is InChI=1S/C12H7F3O2/c13-12(14,15)11-4-8(6-16)3-10(5-11)9-1-2-17-7-9/h1-7H. The molecule has 0 N–H and O–H groups in total. The lowest BCUT2D eigenvalue weighted by Crippen LogP contribution is -2.05. The molecule has 0 aliphatic carbocycles. The number of hydrogen-bond acceptors (Lipinski definition) is 2. The molecule has 0 aliphatic rings. The molecule has 5 heteroatoms. The van der Waals surface area contributed by atoms with Crippen LogP contribution in [0.3, 0.4) is 0 Å². The Bertz CT molecular complexity index is 527. The lowest BCUT2D eigenvalue weighted by atomic mass is 10.0. The fourth-order valence-corrected chi connectivity index (χ4v) is 1.48. The van der Waals surface area contributed by atoms with Gasteiger partial charge in [0, 0.05) is 11.1 Å². The van der Waals surface area contributed by atoms with Crippen LogP contribution in [0.5, 0.6) is 0 Å². The van der Waals surface area contributed by atoms with Crippen molar-refractivity contribution in [3.8, 4) is 11.1 Å². The van der Waals surface area contributed by atoms with Gasteiger partial charge >= 0.3 is 6.18 Å². The average molecular weight is 240 g/mol. The van der Waals surface area contributed by atoms with Crippen LogP contribution < -0.4 is 0 Å². The van der Waals surface area contributed by atoms with Crippen LogP contribution >= 0.6 is 0 Å². The number of halogens is 3. The van der Waals surface area contributed by atoms with Gasteiger partial charge in [-0.05, 0) is 29.8 Å². The largest absolute Gasteiger partial charge is 0.472 e. The zero-order valence-electron chi connectivity index (χ0n) is 8.49. The van der Waals surface area contributed by atoms with Crippen molar-refractivity contribution in [2.45, 2.75) is 6.18 Å². The van der Waals surface area contributed by atoms with Gasteiger partial charge in [-0.1, -0.05) is 0 Å². The van der Waals surface area contributed by atoms with Crippen molar-refractivity contribution in [3.05, 3.63) is 47.9 Å². The Morgan fingerprint density at radius 3 is 2.41 bits per heavy atom. The maximum atomic E-state index is 12.6. The molecule has 1 aromatic heterocycles. The molecule has 0 saturated carbocycles. The fraction of sp³-hybridized carbons (Fsp3) is 0.0833. The lowest BCUT2D eigenvalue weighted by Gasteiger charge is -2.09. The first kappa shape index (κ1) is 11.4.